The number of carboxylic acid groups (broad SMARTS) is 1. The minimum absolute atomic E-state index is 0.470. The van der Waals surface area contributed by atoms with Gasteiger partial charge in [0.05, 0.1) is 12.0 Å². The van der Waals surface area contributed by atoms with Gasteiger partial charge in [-0.15, -0.1) is 0 Å². The molecule has 4 heteroatoms. The summed E-state index contributed by atoms with van der Waals surface area (Å²) in [6.45, 7) is 7.85. The van der Waals surface area contributed by atoms with Crippen molar-refractivity contribution >= 4 is 5.97 Å². The Morgan fingerprint density at radius 1 is 1.50 bits per heavy atom. The largest absolute Gasteiger partial charge is 0.481 e. The van der Waals surface area contributed by atoms with Crippen LogP contribution in [0.3, 0.4) is 0 Å². The third-order valence-corrected chi connectivity index (χ3v) is 5.11. The summed E-state index contributed by atoms with van der Waals surface area (Å²) in [6.07, 6.45) is 3.47. The number of aliphatic carboxylic acids is 1. The molecule has 1 N–H and O–H groups in total. The van der Waals surface area contributed by atoms with Crippen LogP contribution in [-0.2, 0) is 9.53 Å². The van der Waals surface area contributed by atoms with Crippen molar-refractivity contribution in [2.45, 2.75) is 45.6 Å². The number of ether oxygens (including phenoxy) is 1. The smallest absolute Gasteiger partial charge is 0.309 e. The summed E-state index contributed by atoms with van der Waals surface area (Å²) in [5.74, 6) is 0.0189. The Morgan fingerprint density at radius 3 is 2.61 bits per heavy atom. The summed E-state index contributed by atoms with van der Waals surface area (Å²) in [4.78, 5) is 13.9. The van der Waals surface area contributed by atoms with Crippen molar-refractivity contribution in [1.82, 2.24) is 4.90 Å². The lowest BCUT2D eigenvalue weighted by atomic mass is 9.75. The third kappa shape index (κ3) is 2.54. The Balaban J connectivity index is 1.91. The molecule has 0 aliphatic carbocycles. The second-order valence-corrected chi connectivity index (χ2v) is 5.84. The molecule has 0 amide bonds. The molecule has 0 bridgehead atoms. The number of carbonyl (C=O) groups is 1. The highest BCUT2D eigenvalue weighted by molar-refractivity contribution is 5.74. The SMILES string of the molecule is CCC1(C(=O)O)CCN(C(C)C2CCOC2)CC1. The molecule has 2 rings (SSSR count). The molecule has 2 aliphatic heterocycles. The van der Waals surface area contributed by atoms with E-state index in [0.29, 0.717) is 12.0 Å². The highest BCUT2D eigenvalue weighted by Gasteiger charge is 2.41. The molecule has 0 spiro atoms. The van der Waals surface area contributed by atoms with Crippen molar-refractivity contribution in [3.05, 3.63) is 0 Å². The average Bonchev–Trinajstić information content (AvgIpc) is 2.91. The van der Waals surface area contributed by atoms with E-state index in [4.69, 9.17) is 4.74 Å². The Morgan fingerprint density at radius 2 is 2.17 bits per heavy atom. The second-order valence-electron chi connectivity index (χ2n) is 5.84. The molecule has 0 aromatic carbocycles. The van der Waals surface area contributed by atoms with Gasteiger partial charge in [0.1, 0.15) is 0 Å². The van der Waals surface area contributed by atoms with Crippen LogP contribution in [-0.4, -0.2) is 48.3 Å². The summed E-state index contributed by atoms with van der Waals surface area (Å²) in [7, 11) is 0. The van der Waals surface area contributed by atoms with Gasteiger partial charge in [-0.25, -0.2) is 0 Å². The monoisotopic (exact) mass is 255 g/mol. The maximum Gasteiger partial charge on any atom is 0.309 e. The van der Waals surface area contributed by atoms with E-state index in [9.17, 15) is 9.90 Å². The van der Waals surface area contributed by atoms with E-state index >= 15 is 0 Å². The lowest BCUT2D eigenvalue weighted by molar-refractivity contribution is -0.152. The standard InChI is InChI=1S/C14H25NO3/c1-3-14(13(16)17)5-7-15(8-6-14)11(2)12-4-9-18-10-12/h11-12H,3-10H2,1-2H3,(H,16,17). The molecule has 2 fully saturated rings. The molecule has 0 aromatic rings. The number of hydrogen-bond acceptors (Lipinski definition) is 3. The van der Waals surface area contributed by atoms with Crippen LogP contribution in [0, 0.1) is 11.3 Å². The molecule has 2 saturated heterocycles. The van der Waals surface area contributed by atoms with Gasteiger partial charge in [0.25, 0.3) is 0 Å². The van der Waals surface area contributed by atoms with Crippen molar-refractivity contribution in [3.63, 3.8) is 0 Å². The van der Waals surface area contributed by atoms with Crippen LogP contribution < -0.4 is 0 Å². The molecular weight excluding hydrogens is 230 g/mol. The number of rotatable bonds is 4. The zero-order chi connectivity index (χ0) is 13.2. The normalized spacial score (nSPS) is 30.2. The minimum atomic E-state index is -0.610. The van der Waals surface area contributed by atoms with Crippen LogP contribution in [0.2, 0.25) is 0 Å². The molecule has 0 radical (unpaired) electrons. The van der Waals surface area contributed by atoms with Gasteiger partial charge in [-0.3, -0.25) is 4.79 Å². The number of hydrogen-bond donors (Lipinski definition) is 1. The molecule has 0 saturated carbocycles. The molecule has 4 nitrogen and oxygen atoms in total. The summed E-state index contributed by atoms with van der Waals surface area (Å²) >= 11 is 0. The number of likely N-dealkylation sites (tertiary alicyclic amines) is 1. The van der Waals surface area contributed by atoms with Gasteiger partial charge in [-0.2, -0.15) is 0 Å². The molecule has 104 valence electrons. The molecule has 2 unspecified atom stereocenters. The first-order valence-corrected chi connectivity index (χ1v) is 7.14. The first-order valence-electron chi connectivity index (χ1n) is 7.14. The van der Waals surface area contributed by atoms with E-state index in [0.717, 1.165) is 52.0 Å². The zero-order valence-corrected chi connectivity index (χ0v) is 11.5. The Bertz CT molecular complexity index is 291. The van der Waals surface area contributed by atoms with Gasteiger partial charge in [0, 0.05) is 12.6 Å². The minimum Gasteiger partial charge on any atom is -0.481 e. The van der Waals surface area contributed by atoms with Crippen molar-refractivity contribution in [1.29, 1.82) is 0 Å². The fourth-order valence-electron chi connectivity index (χ4n) is 3.31. The zero-order valence-electron chi connectivity index (χ0n) is 11.5. The topological polar surface area (TPSA) is 49.8 Å². The van der Waals surface area contributed by atoms with Crippen LogP contribution in [0.5, 0.6) is 0 Å². The van der Waals surface area contributed by atoms with Gasteiger partial charge < -0.3 is 14.7 Å². The summed E-state index contributed by atoms with van der Waals surface area (Å²) in [6, 6.07) is 0.524. The fraction of sp³-hybridized carbons (Fsp3) is 0.929. The number of nitrogens with zero attached hydrogens (tertiary/aromatic N) is 1. The van der Waals surface area contributed by atoms with Crippen LogP contribution in [0.1, 0.15) is 39.5 Å². The first-order chi connectivity index (χ1) is 8.59. The maximum atomic E-state index is 11.4. The summed E-state index contributed by atoms with van der Waals surface area (Å²) < 4.78 is 5.45. The molecular formula is C14H25NO3. The molecule has 18 heavy (non-hydrogen) atoms. The lowest BCUT2D eigenvalue weighted by Gasteiger charge is -2.42. The van der Waals surface area contributed by atoms with Crippen molar-refractivity contribution < 1.29 is 14.6 Å². The van der Waals surface area contributed by atoms with Crippen LogP contribution in [0.25, 0.3) is 0 Å². The highest BCUT2D eigenvalue weighted by Crippen LogP contribution is 2.36. The van der Waals surface area contributed by atoms with Gasteiger partial charge in [0.15, 0.2) is 0 Å². The Hall–Kier alpha value is -0.610. The van der Waals surface area contributed by atoms with E-state index in [-0.39, 0.29) is 0 Å². The van der Waals surface area contributed by atoms with Crippen molar-refractivity contribution in [3.8, 4) is 0 Å². The molecule has 2 atom stereocenters. The van der Waals surface area contributed by atoms with Crippen LogP contribution in [0.4, 0.5) is 0 Å². The Kier molecular flexibility index (Phi) is 4.28. The summed E-state index contributed by atoms with van der Waals surface area (Å²) in [5, 5.41) is 9.39. The van der Waals surface area contributed by atoms with E-state index in [2.05, 4.69) is 11.8 Å². The van der Waals surface area contributed by atoms with Crippen molar-refractivity contribution in [2.24, 2.45) is 11.3 Å². The average molecular weight is 255 g/mol. The molecule has 2 aliphatic rings. The maximum absolute atomic E-state index is 11.4. The lowest BCUT2D eigenvalue weighted by Crippen LogP contribution is -2.49. The van der Waals surface area contributed by atoms with Gasteiger partial charge in [-0.1, -0.05) is 6.92 Å². The fourth-order valence-corrected chi connectivity index (χ4v) is 3.31. The highest BCUT2D eigenvalue weighted by atomic mass is 16.5. The van der Waals surface area contributed by atoms with Gasteiger partial charge in [0.2, 0.25) is 0 Å². The third-order valence-electron chi connectivity index (χ3n) is 5.11. The number of piperidine rings is 1. The second kappa shape index (κ2) is 5.57. The molecule has 2 heterocycles. The van der Waals surface area contributed by atoms with E-state index < -0.39 is 11.4 Å². The predicted molar refractivity (Wildman–Crippen MR) is 69.6 cm³/mol. The van der Waals surface area contributed by atoms with Crippen molar-refractivity contribution in [2.75, 3.05) is 26.3 Å². The predicted octanol–water partition coefficient (Wildman–Crippen LogP) is 1.99. The number of carboxylic acids is 1. The van der Waals surface area contributed by atoms with Gasteiger partial charge in [-0.05, 0) is 51.6 Å². The molecule has 0 aromatic heterocycles. The Labute approximate surface area is 109 Å². The van der Waals surface area contributed by atoms with Crippen LogP contribution >= 0.6 is 0 Å². The first kappa shape index (κ1) is 13.8. The van der Waals surface area contributed by atoms with Crippen LogP contribution in [0.15, 0.2) is 0 Å². The van der Waals surface area contributed by atoms with E-state index in [1.165, 1.54) is 0 Å². The quantitative estimate of drug-likeness (QED) is 0.834. The van der Waals surface area contributed by atoms with E-state index in [1.807, 2.05) is 6.92 Å². The van der Waals surface area contributed by atoms with E-state index in [1.54, 1.807) is 0 Å². The summed E-state index contributed by atoms with van der Waals surface area (Å²) in [5.41, 5.74) is -0.470. The van der Waals surface area contributed by atoms with Gasteiger partial charge >= 0.3 is 5.97 Å².